The summed E-state index contributed by atoms with van der Waals surface area (Å²) in [6, 6.07) is 5.38. The third-order valence-corrected chi connectivity index (χ3v) is 4.49. The zero-order valence-corrected chi connectivity index (χ0v) is 14.6. The largest absolute Gasteiger partial charge is 0.385 e. The molecular formula is C17H21ClN4O2. The van der Waals surface area contributed by atoms with Crippen molar-refractivity contribution in [3.05, 3.63) is 40.5 Å². The standard InChI is InChI=1S/C17H21ClN4O2/c1-3-19-15-5-4-13(18)10-14(15)17(23)22-8-6-12(7-9-22)16-20-11(2)21-24-16/h4-5,10,12,19H,3,6-9H2,1-2H3. The molecule has 1 aliphatic rings. The van der Waals surface area contributed by atoms with Gasteiger partial charge in [0.25, 0.3) is 5.91 Å². The number of anilines is 1. The SMILES string of the molecule is CCNc1ccc(Cl)cc1C(=O)N1CCC(c2nc(C)no2)CC1. The molecule has 0 bridgehead atoms. The normalized spacial score (nSPS) is 15.5. The molecule has 0 unspecified atom stereocenters. The first kappa shape index (κ1) is 16.8. The molecule has 1 N–H and O–H groups in total. The molecule has 0 spiro atoms. The number of amides is 1. The van der Waals surface area contributed by atoms with E-state index >= 15 is 0 Å². The number of benzene rings is 1. The van der Waals surface area contributed by atoms with Crippen LogP contribution in [0, 0.1) is 6.92 Å². The lowest BCUT2D eigenvalue weighted by Crippen LogP contribution is -2.38. The number of aryl methyl sites for hydroxylation is 1. The fourth-order valence-electron chi connectivity index (χ4n) is 3.02. The molecule has 1 aliphatic heterocycles. The molecule has 2 aromatic rings. The number of carbonyl (C=O) groups is 1. The Balaban J connectivity index is 1.70. The summed E-state index contributed by atoms with van der Waals surface area (Å²) in [5.41, 5.74) is 1.44. The van der Waals surface area contributed by atoms with E-state index in [0.717, 1.165) is 25.1 Å². The van der Waals surface area contributed by atoms with Gasteiger partial charge in [-0.05, 0) is 44.9 Å². The summed E-state index contributed by atoms with van der Waals surface area (Å²) >= 11 is 6.08. The Bertz CT molecular complexity index is 723. The van der Waals surface area contributed by atoms with Crippen LogP contribution >= 0.6 is 11.6 Å². The van der Waals surface area contributed by atoms with Crippen LogP contribution in [0.3, 0.4) is 0 Å². The molecule has 0 atom stereocenters. The van der Waals surface area contributed by atoms with Crippen molar-refractivity contribution in [1.29, 1.82) is 0 Å². The van der Waals surface area contributed by atoms with Gasteiger partial charge in [0.1, 0.15) is 0 Å². The Morgan fingerprint density at radius 2 is 2.17 bits per heavy atom. The number of likely N-dealkylation sites (tertiary alicyclic amines) is 1. The maximum atomic E-state index is 12.9. The Hall–Kier alpha value is -2.08. The minimum absolute atomic E-state index is 0.00797. The fraction of sp³-hybridized carbons (Fsp3) is 0.471. The van der Waals surface area contributed by atoms with Crippen LogP contribution in [0.25, 0.3) is 0 Å². The first-order valence-corrected chi connectivity index (χ1v) is 8.59. The van der Waals surface area contributed by atoms with Crippen LogP contribution in [0.4, 0.5) is 5.69 Å². The summed E-state index contributed by atoms with van der Waals surface area (Å²) in [6.45, 7) is 5.90. The smallest absolute Gasteiger partial charge is 0.256 e. The lowest BCUT2D eigenvalue weighted by atomic mass is 9.96. The fourth-order valence-corrected chi connectivity index (χ4v) is 3.19. The van der Waals surface area contributed by atoms with Crippen molar-refractivity contribution in [2.75, 3.05) is 25.0 Å². The minimum Gasteiger partial charge on any atom is -0.385 e. The molecule has 0 saturated carbocycles. The Morgan fingerprint density at radius 3 is 2.79 bits per heavy atom. The van der Waals surface area contributed by atoms with Crippen LogP contribution in [0.5, 0.6) is 0 Å². The van der Waals surface area contributed by atoms with E-state index in [0.29, 0.717) is 35.4 Å². The number of rotatable bonds is 4. The molecule has 3 rings (SSSR count). The first-order valence-electron chi connectivity index (χ1n) is 8.21. The molecule has 7 heteroatoms. The zero-order valence-electron chi connectivity index (χ0n) is 13.9. The quantitative estimate of drug-likeness (QED) is 0.915. The monoisotopic (exact) mass is 348 g/mol. The maximum Gasteiger partial charge on any atom is 0.256 e. The number of carbonyl (C=O) groups excluding carboxylic acids is 1. The second-order valence-corrected chi connectivity index (χ2v) is 6.40. The van der Waals surface area contributed by atoms with E-state index in [1.807, 2.05) is 24.8 Å². The van der Waals surface area contributed by atoms with Gasteiger partial charge in [0.15, 0.2) is 5.82 Å². The van der Waals surface area contributed by atoms with Gasteiger partial charge in [0, 0.05) is 36.3 Å². The van der Waals surface area contributed by atoms with Crippen molar-refractivity contribution in [2.24, 2.45) is 0 Å². The second kappa shape index (κ2) is 7.21. The molecule has 2 heterocycles. The number of hydrogen-bond acceptors (Lipinski definition) is 5. The summed E-state index contributed by atoms with van der Waals surface area (Å²) in [6.07, 6.45) is 1.65. The summed E-state index contributed by atoms with van der Waals surface area (Å²) in [5.74, 6) is 1.56. The predicted octanol–water partition coefficient (Wildman–Crippen LogP) is 3.48. The Kier molecular flexibility index (Phi) is 5.04. The van der Waals surface area contributed by atoms with Crippen molar-refractivity contribution in [1.82, 2.24) is 15.0 Å². The van der Waals surface area contributed by atoms with Crippen molar-refractivity contribution >= 4 is 23.2 Å². The molecule has 24 heavy (non-hydrogen) atoms. The molecule has 1 fully saturated rings. The van der Waals surface area contributed by atoms with E-state index in [1.165, 1.54) is 0 Å². The number of nitrogens with zero attached hydrogens (tertiary/aromatic N) is 3. The number of nitrogens with one attached hydrogen (secondary N) is 1. The van der Waals surface area contributed by atoms with Crippen LogP contribution in [0.15, 0.2) is 22.7 Å². The topological polar surface area (TPSA) is 71.3 Å². The van der Waals surface area contributed by atoms with Gasteiger partial charge in [0.05, 0.1) is 5.56 Å². The van der Waals surface area contributed by atoms with E-state index in [1.54, 1.807) is 12.1 Å². The van der Waals surface area contributed by atoms with E-state index in [-0.39, 0.29) is 11.8 Å². The first-order chi connectivity index (χ1) is 11.6. The van der Waals surface area contributed by atoms with Crippen LogP contribution in [-0.4, -0.2) is 40.6 Å². The highest BCUT2D eigenvalue weighted by Gasteiger charge is 2.28. The average molecular weight is 349 g/mol. The lowest BCUT2D eigenvalue weighted by Gasteiger charge is -2.31. The Morgan fingerprint density at radius 1 is 1.42 bits per heavy atom. The average Bonchev–Trinajstić information content (AvgIpc) is 3.03. The summed E-state index contributed by atoms with van der Waals surface area (Å²) in [4.78, 5) is 19.0. The van der Waals surface area contributed by atoms with Crippen molar-refractivity contribution in [3.63, 3.8) is 0 Å². The Labute approximate surface area is 146 Å². The summed E-state index contributed by atoms with van der Waals surface area (Å²) in [7, 11) is 0. The van der Waals surface area contributed by atoms with Crippen molar-refractivity contribution in [3.8, 4) is 0 Å². The van der Waals surface area contributed by atoms with Gasteiger partial charge in [-0.2, -0.15) is 4.98 Å². The number of aromatic nitrogens is 2. The van der Waals surface area contributed by atoms with E-state index in [9.17, 15) is 4.79 Å². The second-order valence-electron chi connectivity index (χ2n) is 5.97. The van der Waals surface area contributed by atoms with Gasteiger partial charge in [0.2, 0.25) is 5.89 Å². The molecular weight excluding hydrogens is 328 g/mol. The number of halogens is 1. The van der Waals surface area contributed by atoms with Gasteiger partial charge in [-0.25, -0.2) is 0 Å². The number of hydrogen-bond donors (Lipinski definition) is 1. The summed E-state index contributed by atoms with van der Waals surface area (Å²) < 4.78 is 5.26. The molecule has 1 saturated heterocycles. The molecule has 128 valence electrons. The number of piperidine rings is 1. The third kappa shape index (κ3) is 3.53. The van der Waals surface area contributed by atoms with Crippen LogP contribution in [-0.2, 0) is 0 Å². The van der Waals surface area contributed by atoms with Crippen molar-refractivity contribution in [2.45, 2.75) is 32.6 Å². The molecule has 0 aliphatic carbocycles. The predicted molar refractivity (Wildman–Crippen MR) is 92.5 cm³/mol. The van der Waals surface area contributed by atoms with E-state index in [4.69, 9.17) is 16.1 Å². The van der Waals surface area contributed by atoms with Gasteiger partial charge in [-0.3, -0.25) is 4.79 Å². The molecule has 0 radical (unpaired) electrons. The van der Waals surface area contributed by atoms with Crippen LogP contribution in [0.2, 0.25) is 5.02 Å². The highest BCUT2D eigenvalue weighted by atomic mass is 35.5. The highest BCUT2D eigenvalue weighted by molar-refractivity contribution is 6.31. The lowest BCUT2D eigenvalue weighted by molar-refractivity contribution is 0.0705. The van der Waals surface area contributed by atoms with E-state index < -0.39 is 0 Å². The van der Waals surface area contributed by atoms with Gasteiger partial charge < -0.3 is 14.7 Å². The van der Waals surface area contributed by atoms with Crippen LogP contribution in [0.1, 0.15) is 47.8 Å². The summed E-state index contributed by atoms with van der Waals surface area (Å²) in [5, 5.41) is 7.63. The maximum absolute atomic E-state index is 12.9. The molecule has 1 aromatic carbocycles. The van der Waals surface area contributed by atoms with E-state index in [2.05, 4.69) is 15.5 Å². The molecule has 6 nitrogen and oxygen atoms in total. The van der Waals surface area contributed by atoms with Crippen molar-refractivity contribution < 1.29 is 9.32 Å². The van der Waals surface area contributed by atoms with Gasteiger partial charge in [-0.1, -0.05) is 16.8 Å². The third-order valence-electron chi connectivity index (χ3n) is 4.25. The zero-order chi connectivity index (χ0) is 17.1. The highest BCUT2D eigenvalue weighted by Crippen LogP contribution is 2.29. The van der Waals surface area contributed by atoms with Gasteiger partial charge in [-0.15, -0.1) is 0 Å². The minimum atomic E-state index is 0.00797. The van der Waals surface area contributed by atoms with Gasteiger partial charge >= 0.3 is 0 Å². The molecule has 1 amide bonds. The van der Waals surface area contributed by atoms with Crippen LogP contribution < -0.4 is 5.32 Å². The molecule has 1 aromatic heterocycles.